The first-order valence-corrected chi connectivity index (χ1v) is 14.3. The van der Waals surface area contributed by atoms with Gasteiger partial charge in [0.2, 0.25) is 5.91 Å². The van der Waals surface area contributed by atoms with Gasteiger partial charge < -0.3 is 29.6 Å². The molecule has 3 aliphatic rings. The van der Waals surface area contributed by atoms with E-state index in [1.54, 1.807) is 24.0 Å². The number of likely N-dealkylation sites (tertiary alicyclic amines) is 1. The van der Waals surface area contributed by atoms with Gasteiger partial charge in [-0.2, -0.15) is 9.61 Å². The van der Waals surface area contributed by atoms with Crippen LogP contribution >= 0.6 is 0 Å². The van der Waals surface area contributed by atoms with Gasteiger partial charge in [-0.15, -0.1) is 0 Å². The number of ether oxygens (including phenoxy) is 2. The highest BCUT2D eigenvalue weighted by Gasteiger charge is 2.37. The van der Waals surface area contributed by atoms with Crippen molar-refractivity contribution in [3.05, 3.63) is 42.4 Å². The Morgan fingerprint density at radius 1 is 1.15 bits per heavy atom. The van der Waals surface area contributed by atoms with Gasteiger partial charge in [-0.25, -0.2) is 9.97 Å². The Labute approximate surface area is 237 Å². The molecule has 214 valence electrons. The molecule has 0 aromatic carbocycles. The number of anilines is 1. The molecule has 1 saturated carbocycles. The fourth-order valence-electron chi connectivity index (χ4n) is 6.42. The number of hydrogen-bond donors (Lipinski definition) is 2. The molecule has 4 aromatic heterocycles. The van der Waals surface area contributed by atoms with Crippen molar-refractivity contribution in [3.8, 4) is 11.3 Å². The van der Waals surface area contributed by atoms with E-state index in [1.165, 1.54) is 0 Å². The Bertz CT molecular complexity index is 1620. The standard InChI is InChI=1S/C29H34N8O4/c1-30-25-13-23(33-28-20(14-32-37(25)28)29(39)34-22-5-6-24(22)40-2)21-16-36(27-19(21)4-3-9-31-27)18-12-26(38)35(15-18)17-7-10-41-11-8-17/h3-4,9,13-14,16-18,22,24,30H,5-8,10-12,15H2,1-2H3,(H,34,39). The molecule has 0 bridgehead atoms. The predicted molar refractivity (Wildman–Crippen MR) is 152 cm³/mol. The lowest BCUT2D eigenvalue weighted by Gasteiger charge is -2.35. The van der Waals surface area contributed by atoms with E-state index in [0.29, 0.717) is 48.9 Å². The zero-order chi connectivity index (χ0) is 28.1. The second kappa shape index (κ2) is 10.4. The summed E-state index contributed by atoms with van der Waals surface area (Å²) in [6.07, 6.45) is 9.41. The minimum Gasteiger partial charge on any atom is -0.381 e. The zero-order valence-electron chi connectivity index (χ0n) is 23.2. The fraction of sp³-hybridized carbons (Fsp3) is 0.483. The summed E-state index contributed by atoms with van der Waals surface area (Å²) in [6, 6.07) is 6.03. The van der Waals surface area contributed by atoms with Gasteiger partial charge in [0.25, 0.3) is 5.91 Å². The topological polar surface area (TPSA) is 128 Å². The molecule has 2 N–H and O–H groups in total. The van der Waals surface area contributed by atoms with Crippen LogP contribution < -0.4 is 10.6 Å². The van der Waals surface area contributed by atoms with Crippen LogP contribution in [0, 0.1) is 0 Å². The lowest BCUT2D eigenvalue weighted by molar-refractivity contribution is -0.131. The normalized spacial score (nSPS) is 23.3. The SMILES string of the molecule is CNc1cc(-c2cn(C3CC(=O)N(C4CCOCC4)C3)c3ncccc23)nc2c(C(=O)NC3CCC3OC)cnn12. The number of aromatic nitrogens is 5. The van der Waals surface area contributed by atoms with Crippen LogP contribution in [0.2, 0.25) is 0 Å². The quantitative estimate of drug-likeness (QED) is 0.354. The molecule has 4 aromatic rings. The summed E-state index contributed by atoms with van der Waals surface area (Å²) < 4.78 is 14.7. The van der Waals surface area contributed by atoms with Gasteiger partial charge in [0.1, 0.15) is 17.0 Å². The molecule has 1 aliphatic carbocycles. The third kappa shape index (κ3) is 4.41. The molecule has 0 spiro atoms. The van der Waals surface area contributed by atoms with E-state index < -0.39 is 0 Å². The largest absolute Gasteiger partial charge is 0.381 e. The summed E-state index contributed by atoms with van der Waals surface area (Å²) in [6.45, 7) is 2.04. The van der Waals surface area contributed by atoms with Crippen molar-refractivity contribution < 1.29 is 19.1 Å². The van der Waals surface area contributed by atoms with Crippen molar-refractivity contribution in [1.29, 1.82) is 0 Å². The molecule has 2 aliphatic heterocycles. The van der Waals surface area contributed by atoms with Crippen molar-refractivity contribution >= 4 is 34.3 Å². The van der Waals surface area contributed by atoms with Crippen molar-refractivity contribution in [3.63, 3.8) is 0 Å². The maximum Gasteiger partial charge on any atom is 0.257 e. The summed E-state index contributed by atoms with van der Waals surface area (Å²) in [5, 5.41) is 11.7. The summed E-state index contributed by atoms with van der Waals surface area (Å²) in [5.41, 5.74) is 3.25. The second-order valence-corrected chi connectivity index (χ2v) is 11.1. The smallest absolute Gasteiger partial charge is 0.257 e. The molecule has 12 heteroatoms. The summed E-state index contributed by atoms with van der Waals surface area (Å²) in [5.74, 6) is 0.657. The third-order valence-electron chi connectivity index (χ3n) is 8.83. The average molecular weight is 559 g/mol. The Balaban J connectivity index is 1.26. The van der Waals surface area contributed by atoms with E-state index in [1.807, 2.05) is 30.1 Å². The Hall–Kier alpha value is -4.03. The number of rotatable bonds is 7. The van der Waals surface area contributed by atoms with Crippen molar-refractivity contribution in [2.75, 3.05) is 39.2 Å². The first-order valence-electron chi connectivity index (χ1n) is 14.3. The molecule has 0 radical (unpaired) electrons. The molecule has 2 saturated heterocycles. The van der Waals surface area contributed by atoms with Gasteiger partial charge in [0, 0.05) is 75.8 Å². The molecular weight excluding hydrogens is 524 g/mol. The number of fused-ring (bicyclic) bond motifs is 2. The number of hydrogen-bond acceptors (Lipinski definition) is 8. The van der Waals surface area contributed by atoms with Crippen LogP contribution in [0.4, 0.5) is 5.82 Å². The molecule has 6 heterocycles. The Kier molecular flexibility index (Phi) is 6.58. The Morgan fingerprint density at radius 3 is 2.76 bits per heavy atom. The Morgan fingerprint density at radius 2 is 2.00 bits per heavy atom. The molecule has 3 unspecified atom stereocenters. The summed E-state index contributed by atoms with van der Waals surface area (Å²) >= 11 is 0. The summed E-state index contributed by atoms with van der Waals surface area (Å²) in [7, 11) is 3.48. The highest BCUT2D eigenvalue weighted by Crippen LogP contribution is 2.36. The highest BCUT2D eigenvalue weighted by molar-refractivity contribution is 6.01. The zero-order valence-corrected chi connectivity index (χ0v) is 23.2. The maximum atomic E-state index is 13.3. The van der Waals surface area contributed by atoms with E-state index in [2.05, 4.69) is 26.5 Å². The number of amides is 2. The van der Waals surface area contributed by atoms with Crippen molar-refractivity contribution in [2.24, 2.45) is 0 Å². The van der Waals surface area contributed by atoms with Gasteiger partial charge in [-0.3, -0.25) is 9.59 Å². The number of methoxy groups -OCH3 is 1. The number of pyridine rings is 1. The van der Waals surface area contributed by atoms with Crippen LogP contribution in [0.5, 0.6) is 0 Å². The number of nitrogens with one attached hydrogen (secondary N) is 2. The van der Waals surface area contributed by atoms with E-state index in [0.717, 1.165) is 42.3 Å². The maximum absolute atomic E-state index is 13.3. The van der Waals surface area contributed by atoms with E-state index >= 15 is 0 Å². The van der Waals surface area contributed by atoms with Crippen molar-refractivity contribution in [1.82, 2.24) is 34.4 Å². The molecular formula is C29H34N8O4. The minimum absolute atomic E-state index is 0.0201. The van der Waals surface area contributed by atoms with Crippen LogP contribution in [-0.4, -0.2) is 93.0 Å². The fourth-order valence-corrected chi connectivity index (χ4v) is 6.42. The average Bonchev–Trinajstić information content (AvgIpc) is 3.70. The van der Waals surface area contributed by atoms with Crippen LogP contribution in [0.25, 0.3) is 27.9 Å². The van der Waals surface area contributed by atoms with Gasteiger partial charge in [0.15, 0.2) is 5.65 Å². The first kappa shape index (κ1) is 25.9. The first-order chi connectivity index (χ1) is 20.1. The van der Waals surface area contributed by atoms with E-state index in [-0.39, 0.29) is 36.0 Å². The van der Waals surface area contributed by atoms with Crippen molar-refractivity contribution in [2.45, 2.75) is 56.3 Å². The number of nitrogens with zero attached hydrogens (tertiary/aromatic N) is 6. The van der Waals surface area contributed by atoms with E-state index in [4.69, 9.17) is 19.4 Å². The van der Waals surface area contributed by atoms with Gasteiger partial charge in [-0.05, 0) is 37.8 Å². The highest BCUT2D eigenvalue weighted by atomic mass is 16.5. The van der Waals surface area contributed by atoms with Crippen LogP contribution in [-0.2, 0) is 14.3 Å². The molecule has 3 fully saturated rings. The predicted octanol–water partition coefficient (Wildman–Crippen LogP) is 2.65. The van der Waals surface area contributed by atoms with Gasteiger partial charge in [-0.1, -0.05) is 0 Å². The van der Waals surface area contributed by atoms with Gasteiger partial charge in [0.05, 0.1) is 30.1 Å². The molecule has 2 amide bonds. The van der Waals surface area contributed by atoms with Gasteiger partial charge >= 0.3 is 0 Å². The lowest BCUT2D eigenvalue weighted by atomic mass is 9.89. The third-order valence-corrected chi connectivity index (χ3v) is 8.83. The summed E-state index contributed by atoms with van der Waals surface area (Å²) in [4.78, 5) is 38.1. The minimum atomic E-state index is -0.222. The second-order valence-electron chi connectivity index (χ2n) is 11.1. The molecule has 7 rings (SSSR count). The van der Waals surface area contributed by atoms with Crippen LogP contribution in [0.3, 0.4) is 0 Å². The number of carbonyl (C=O) groups is 2. The molecule has 3 atom stereocenters. The van der Waals surface area contributed by atoms with Crippen LogP contribution in [0.1, 0.15) is 48.5 Å². The molecule has 12 nitrogen and oxygen atoms in total. The monoisotopic (exact) mass is 558 g/mol. The number of carbonyl (C=O) groups excluding carboxylic acids is 2. The van der Waals surface area contributed by atoms with E-state index in [9.17, 15) is 9.59 Å². The molecule has 41 heavy (non-hydrogen) atoms. The van der Waals surface area contributed by atoms with Crippen LogP contribution in [0.15, 0.2) is 36.8 Å². The lowest BCUT2D eigenvalue weighted by Crippen LogP contribution is -2.51.